The summed E-state index contributed by atoms with van der Waals surface area (Å²) in [6, 6.07) is 0. The van der Waals surface area contributed by atoms with Crippen molar-refractivity contribution >= 4 is 0 Å². The van der Waals surface area contributed by atoms with Crippen molar-refractivity contribution in [2.24, 2.45) is 7.05 Å². The molecule has 0 aliphatic heterocycles. The number of aryl methyl sites for hydroxylation is 1. The van der Waals surface area contributed by atoms with E-state index in [4.69, 9.17) is 0 Å². The summed E-state index contributed by atoms with van der Waals surface area (Å²) >= 11 is 0. The van der Waals surface area contributed by atoms with Gasteiger partial charge in [0.15, 0.2) is 6.17 Å². The zero-order valence-electron chi connectivity index (χ0n) is 8.57. The van der Waals surface area contributed by atoms with Crippen LogP contribution in [0.3, 0.4) is 0 Å². The second-order valence-corrected chi connectivity index (χ2v) is 3.46. The molecular formula is C9H18N3+. The molecule has 0 saturated carbocycles. The van der Waals surface area contributed by atoms with Crippen LogP contribution in [0.25, 0.3) is 0 Å². The van der Waals surface area contributed by atoms with E-state index in [2.05, 4.69) is 61.4 Å². The number of rotatable bonds is 2. The Morgan fingerprint density at radius 3 is 2.42 bits per heavy atom. The van der Waals surface area contributed by atoms with E-state index in [0.29, 0.717) is 6.17 Å². The van der Waals surface area contributed by atoms with Crippen molar-refractivity contribution in [1.29, 1.82) is 0 Å². The van der Waals surface area contributed by atoms with Gasteiger partial charge in [0.05, 0.1) is 7.05 Å². The summed E-state index contributed by atoms with van der Waals surface area (Å²) in [6.07, 6.45) is 4.61. The van der Waals surface area contributed by atoms with Crippen molar-refractivity contribution in [3.05, 3.63) is 18.2 Å². The lowest BCUT2D eigenvalue weighted by atomic mass is 10.5. The molecule has 68 valence electrons. The molecule has 0 spiro atoms. The molecule has 3 nitrogen and oxygen atoms in total. The molecular weight excluding hydrogens is 150 g/mol. The van der Waals surface area contributed by atoms with Gasteiger partial charge in [0, 0.05) is 6.92 Å². The molecule has 0 radical (unpaired) electrons. The normalized spacial score (nSPS) is 13.8. The van der Waals surface area contributed by atoms with Crippen LogP contribution in [0.1, 0.15) is 18.9 Å². The molecule has 12 heavy (non-hydrogen) atoms. The number of aromatic nitrogens is 2. The minimum atomic E-state index is 0.422. The average Bonchev–Trinajstić information content (AvgIpc) is 2.32. The molecule has 1 atom stereocenters. The minimum Gasteiger partial charge on any atom is -0.271 e. The highest BCUT2D eigenvalue weighted by Gasteiger charge is 2.16. The molecule has 1 aromatic heterocycles. The summed E-state index contributed by atoms with van der Waals surface area (Å²) in [4.78, 5) is 2.19. The summed E-state index contributed by atoms with van der Waals surface area (Å²) in [7, 11) is 6.24. The van der Waals surface area contributed by atoms with Crippen LogP contribution in [-0.4, -0.2) is 23.6 Å². The molecule has 0 saturated heterocycles. The number of hydrogen-bond acceptors (Lipinski definition) is 1. The van der Waals surface area contributed by atoms with E-state index in [1.807, 2.05) is 0 Å². The summed E-state index contributed by atoms with van der Waals surface area (Å²) in [5.74, 6) is 1.27. The standard InChI is InChI=1S/C9H18N3/c1-8(10(3)4)12-7-6-11(5)9(12)2/h6-8H,1-5H3/q+1. The molecule has 0 bridgehead atoms. The Labute approximate surface area is 74.2 Å². The maximum atomic E-state index is 2.25. The highest BCUT2D eigenvalue weighted by Crippen LogP contribution is 2.08. The van der Waals surface area contributed by atoms with Gasteiger partial charge < -0.3 is 0 Å². The Balaban J connectivity index is 2.95. The third-order valence-corrected chi connectivity index (χ3v) is 2.48. The van der Waals surface area contributed by atoms with Gasteiger partial charge in [-0.05, 0) is 21.0 Å². The third kappa shape index (κ3) is 1.50. The summed E-state index contributed by atoms with van der Waals surface area (Å²) < 4.78 is 4.38. The quantitative estimate of drug-likeness (QED) is 0.592. The maximum Gasteiger partial charge on any atom is 0.254 e. The maximum absolute atomic E-state index is 2.25. The van der Waals surface area contributed by atoms with Gasteiger partial charge in [0.25, 0.3) is 5.82 Å². The SMILES string of the molecule is Cc1n(C(C)N(C)C)cc[n+]1C. The molecule has 0 aromatic carbocycles. The molecule has 0 fully saturated rings. The zero-order chi connectivity index (χ0) is 9.30. The molecule has 1 aromatic rings. The van der Waals surface area contributed by atoms with Crippen LogP contribution in [0.5, 0.6) is 0 Å². The van der Waals surface area contributed by atoms with Gasteiger partial charge in [-0.1, -0.05) is 0 Å². The number of hydrogen-bond donors (Lipinski definition) is 0. The lowest BCUT2D eigenvalue weighted by Gasteiger charge is -2.17. The Kier molecular flexibility index (Phi) is 2.52. The molecule has 0 N–H and O–H groups in total. The predicted octanol–water partition coefficient (Wildman–Crippen LogP) is 0.701. The molecule has 1 unspecified atom stereocenters. The first-order chi connectivity index (χ1) is 5.54. The molecule has 1 rings (SSSR count). The lowest BCUT2D eigenvalue weighted by molar-refractivity contribution is -0.677. The van der Waals surface area contributed by atoms with Gasteiger partial charge in [-0.3, -0.25) is 4.90 Å². The Morgan fingerprint density at radius 1 is 1.50 bits per heavy atom. The van der Waals surface area contributed by atoms with Gasteiger partial charge in [-0.25, -0.2) is 9.13 Å². The van der Waals surface area contributed by atoms with E-state index in [-0.39, 0.29) is 0 Å². The molecule has 3 heteroatoms. The molecule has 0 aliphatic carbocycles. The van der Waals surface area contributed by atoms with Crippen molar-refractivity contribution < 1.29 is 4.57 Å². The van der Waals surface area contributed by atoms with E-state index in [1.165, 1.54) is 5.82 Å². The Morgan fingerprint density at radius 2 is 2.08 bits per heavy atom. The van der Waals surface area contributed by atoms with Gasteiger partial charge in [-0.2, -0.15) is 0 Å². The largest absolute Gasteiger partial charge is 0.271 e. The van der Waals surface area contributed by atoms with Gasteiger partial charge >= 0.3 is 0 Å². The van der Waals surface area contributed by atoms with E-state index >= 15 is 0 Å². The summed E-state index contributed by atoms with van der Waals surface area (Å²) in [5.41, 5.74) is 0. The second kappa shape index (κ2) is 3.27. The van der Waals surface area contributed by atoms with Crippen molar-refractivity contribution in [3.63, 3.8) is 0 Å². The van der Waals surface area contributed by atoms with Crippen LogP contribution < -0.4 is 4.57 Å². The van der Waals surface area contributed by atoms with E-state index in [0.717, 1.165) is 0 Å². The monoisotopic (exact) mass is 168 g/mol. The molecule has 0 amide bonds. The Bertz CT molecular complexity index is 263. The smallest absolute Gasteiger partial charge is 0.254 e. The van der Waals surface area contributed by atoms with Gasteiger partial charge in [-0.15, -0.1) is 0 Å². The third-order valence-electron chi connectivity index (χ3n) is 2.48. The number of nitrogens with zero attached hydrogens (tertiary/aromatic N) is 3. The van der Waals surface area contributed by atoms with Crippen molar-refractivity contribution in [2.75, 3.05) is 14.1 Å². The average molecular weight is 168 g/mol. The van der Waals surface area contributed by atoms with E-state index in [9.17, 15) is 0 Å². The second-order valence-electron chi connectivity index (χ2n) is 3.46. The van der Waals surface area contributed by atoms with Crippen LogP contribution in [0, 0.1) is 6.92 Å². The van der Waals surface area contributed by atoms with Gasteiger partial charge in [0.1, 0.15) is 12.4 Å². The van der Waals surface area contributed by atoms with Crippen LogP contribution in [0.4, 0.5) is 0 Å². The van der Waals surface area contributed by atoms with Crippen LogP contribution in [0.15, 0.2) is 12.4 Å². The highest BCUT2D eigenvalue weighted by molar-refractivity contribution is 4.82. The van der Waals surface area contributed by atoms with E-state index in [1.54, 1.807) is 0 Å². The predicted molar refractivity (Wildman–Crippen MR) is 48.7 cm³/mol. The topological polar surface area (TPSA) is 12.1 Å². The highest BCUT2D eigenvalue weighted by atomic mass is 15.3. The van der Waals surface area contributed by atoms with Crippen molar-refractivity contribution in [2.45, 2.75) is 20.0 Å². The van der Waals surface area contributed by atoms with Crippen LogP contribution in [0.2, 0.25) is 0 Å². The van der Waals surface area contributed by atoms with Crippen molar-refractivity contribution in [1.82, 2.24) is 9.47 Å². The first-order valence-electron chi connectivity index (χ1n) is 4.23. The first kappa shape index (κ1) is 9.26. The number of imidazole rings is 1. The zero-order valence-corrected chi connectivity index (χ0v) is 8.57. The molecule has 1 heterocycles. The van der Waals surface area contributed by atoms with E-state index < -0.39 is 0 Å². The fourth-order valence-electron chi connectivity index (χ4n) is 1.21. The fraction of sp³-hybridized carbons (Fsp3) is 0.667. The summed E-state index contributed by atoms with van der Waals surface area (Å²) in [6.45, 7) is 4.31. The first-order valence-corrected chi connectivity index (χ1v) is 4.23. The minimum absolute atomic E-state index is 0.422. The summed E-state index contributed by atoms with van der Waals surface area (Å²) in [5, 5.41) is 0. The lowest BCUT2D eigenvalue weighted by Crippen LogP contribution is -2.32. The van der Waals surface area contributed by atoms with Crippen molar-refractivity contribution in [3.8, 4) is 0 Å². The fourth-order valence-corrected chi connectivity index (χ4v) is 1.21. The van der Waals surface area contributed by atoms with Gasteiger partial charge in [0.2, 0.25) is 0 Å². The van der Waals surface area contributed by atoms with Crippen LogP contribution in [-0.2, 0) is 7.05 Å². The van der Waals surface area contributed by atoms with Crippen LogP contribution >= 0.6 is 0 Å². The Hall–Kier alpha value is -0.830. The molecule has 0 aliphatic rings.